The van der Waals surface area contributed by atoms with Crippen molar-refractivity contribution in [3.63, 3.8) is 0 Å². The van der Waals surface area contributed by atoms with Crippen molar-refractivity contribution in [2.75, 3.05) is 39.8 Å². The van der Waals surface area contributed by atoms with Crippen LogP contribution < -0.4 is 5.32 Å². The molecule has 3 rings (SSSR count). The smallest absolute Gasteiger partial charge is 0.224 e. The summed E-state index contributed by atoms with van der Waals surface area (Å²) < 4.78 is 0. The number of hydrogen-bond donors (Lipinski definition) is 1. The molecule has 1 aliphatic heterocycles. The van der Waals surface area contributed by atoms with E-state index in [2.05, 4.69) is 15.1 Å². The Kier molecular flexibility index (Phi) is 4.85. The van der Waals surface area contributed by atoms with Crippen LogP contribution in [0.2, 0.25) is 0 Å². The molecule has 0 spiro atoms. The summed E-state index contributed by atoms with van der Waals surface area (Å²) in [6.07, 6.45) is 9.73. The monoisotopic (exact) mass is 293 g/mol. The maximum Gasteiger partial charge on any atom is 0.224 e. The van der Waals surface area contributed by atoms with Crippen molar-refractivity contribution in [3.05, 3.63) is 0 Å². The summed E-state index contributed by atoms with van der Waals surface area (Å²) in [4.78, 5) is 17.3. The van der Waals surface area contributed by atoms with Crippen LogP contribution in [0.15, 0.2) is 0 Å². The quantitative estimate of drug-likeness (QED) is 0.840. The maximum absolute atomic E-state index is 12.6. The molecule has 1 saturated heterocycles. The summed E-state index contributed by atoms with van der Waals surface area (Å²) in [6, 6.07) is 0. The van der Waals surface area contributed by atoms with Gasteiger partial charge in [0, 0.05) is 44.7 Å². The highest BCUT2D eigenvalue weighted by atomic mass is 16.2. The SMILES string of the molecule is CNC1(CC(=O)N2CCN(CC3CC3)CC2)CCCCC1. The normalized spacial score (nSPS) is 26.8. The van der Waals surface area contributed by atoms with Crippen LogP contribution in [0.3, 0.4) is 0 Å². The summed E-state index contributed by atoms with van der Waals surface area (Å²) in [5, 5.41) is 3.47. The fourth-order valence-electron chi connectivity index (χ4n) is 3.99. The molecule has 0 aromatic carbocycles. The lowest BCUT2D eigenvalue weighted by molar-refractivity contribution is -0.135. The second kappa shape index (κ2) is 6.66. The van der Waals surface area contributed by atoms with Crippen molar-refractivity contribution in [2.45, 2.75) is 56.9 Å². The lowest BCUT2D eigenvalue weighted by atomic mass is 9.79. The Morgan fingerprint density at radius 3 is 2.33 bits per heavy atom. The summed E-state index contributed by atoms with van der Waals surface area (Å²) in [7, 11) is 2.03. The molecule has 1 heterocycles. The molecule has 21 heavy (non-hydrogen) atoms. The molecule has 0 aromatic heterocycles. The van der Waals surface area contributed by atoms with Gasteiger partial charge in [0.2, 0.25) is 5.91 Å². The van der Waals surface area contributed by atoms with Gasteiger partial charge >= 0.3 is 0 Å². The highest BCUT2D eigenvalue weighted by molar-refractivity contribution is 5.77. The first-order valence-electron chi connectivity index (χ1n) is 8.90. The fraction of sp³-hybridized carbons (Fsp3) is 0.941. The molecule has 3 fully saturated rings. The van der Waals surface area contributed by atoms with Crippen LogP contribution in [0, 0.1) is 5.92 Å². The molecule has 4 nitrogen and oxygen atoms in total. The summed E-state index contributed by atoms with van der Waals surface area (Å²) in [5.74, 6) is 1.33. The lowest BCUT2D eigenvalue weighted by Crippen LogP contribution is -2.53. The highest BCUT2D eigenvalue weighted by Crippen LogP contribution is 2.32. The van der Waals surface area contributed by atoms with Crippen molar-refractivity contribution in [3.8, 4) is 0 Å². The van der Waals surface area contributed by atoms with E-state index in [0.29, 0.717) is 12.3 Å². The van der Waals surface area contributed by atoms with Crippen LogP contribution in [0.25, 0.3) is 0 Å². The lowest BCUT2D eigenvalue weighted by Gasteiger charge is -2.40. The van der Waals surface area contributed by atoms with Gasteiger partial charge in [-0.05, 0) is 38.6 Å². The van der Waals surface area contributed by atoms with E-state index in [9.17, 15) is 4.79 Å². The Bertz CT molecular complexity index is 353. The highest BCUT2D eigenvalue weighted by Gasteiger charge is 2.35. The topological polar surface area (TPSA) is 35.6 Å². The zero-order chi connectivity index (χ0) is 14.7. The average Bonchev–Trinajstić information content (AvgIpc) is 3.33. The Balaban J connectivity index is 1.46. The number of carbonyl (C=O) groups is 1. The number of rotatable bonds is 5. The van der Waals surface area contributed by atoms with Gasteiger partial charge in [0.1, 0.15) is 0 Å². The van der Waals surface area contributed by atoms with Crippen LogP contribution in [0.5, 0.6) is 0 Å². The van der Waals surface area contributed by atoms with E-state index >= 15 is 0 Å². The second-order valence-corrected chi connectivity index (χ2v) is 7.39. The number of carbonyl (C=O) groups excluding carboxylic acids is 1. The van der Waals surface area contributed by atoms with Crippen molar-refractivity contribution in [1.29, 1.82) is 0 Å². The van der Waals surface area contributed by atoms with Gasteiger partial charge in [0.15, 0.2) is 0 Å². The largest absolute Gasteiger partial charge is 0.340 e. The zero-order valence-electron chi connectivity index (χ0n) is 13.6. The van der Waals surface area contributed by atoms with Crippen molar-refractivity contribution in [2.24, 2.45) is 5.92 Å². The molecular weight excluding hydrogens is 262 g/mol. The van der Waals surface area contributed by atoms with Crippen LogP contribution in [-0.4, -0.2) is 61.0 Å². The minimum atomic E-state index is 0.0838. The van der Waals surface area contributed by atoms with E-state index in [1.807, 2.05) is 7.05 Å². The first-order chi connectivity index (χ1) is 10.2. The third kappa shape index (κ3) is 3.98. The van der Waals surface area contributed by atoms with Crippen LogP contribution >= 0.6 is 0 Å². The van der Waals surface area contributed by atoms with E-state index in [1.165, 1.54) is 38.6 Å². The van der Waals surface area contributed by atoms with E-state index in [4.69, 9.17) is 0 Å². The summed E-state index contributed by atoms with van der Waals surface area (Å²) in [6.45, 7) is 5.29. The molecular formula is C17H31N3O. The summed E-state index contributed by atoms with van der Waals surface area (Å²) in [5.41, 5.74) is 0.0838. The number of amides is 1. The van der Waals surface area contributed by atoms with Gasteiger partial charge in [-0.15, -0.1) is 0 Å². The standard InChI is InChI=1S/C17H31N3O/c1-18-17(7-3-2-4-8-17)13-16(21)20-11-9-19(10-12-20)14-15-5-6-15/h15,18H,2-14H2,1H3. The van der Waals surface area contributed by atoms with E-state index in [-0.39, 0.29) is 5.54 Å². The molecule has 0 aromatic rings. The van der Waals surface area contributed by atoms with Gasteiger partial charge in [-0.1, -0.05) is 19.3 Å². The third-order valence-corrected chi connectivity index (χ3v) is 5.77. The first kappa shape index (κ1) is 15.3. The molecule has 1 N–H and O–H groups in total. The van der Waals surface area contributed by atoms with Gasteiger partial charge in [0.25, 0.3) is 0 Å². The zero-order valence-corrected chi connectivity index (χ0v) is 13.6. The van der Waals surface area contributed by atoms with Gasteiger partial charge in [-0.2, -0.15) is 0 Å². The van der Waals surface area contributed by atoms with E-state index < -0.39 is 0 Å². The number of nitrogens with one attached hydrogen (secondary N) is 1. The van der Waals surface area contributed by atoms with Crippen molar-refractivity contribution < 1.29 is 4.79 Å². The third-order valence-electron chi connectivity index (χ3n) is 5.77. The van der Waals surface area contributed by atoms with Gasteiger partial charge in [-0.25, -0.2) is 0 Å². The predicted octanol–water partition coefficient (Wildman–Crippen LogP) is 1.85. The first-order valence-corrected chi connectivity index (χ1v) is 8.90. The molecule has 2 aliphatic carbocycles. The molecule has 120 valence electrons. The van der Waals surface area contributed by atoms with Crippen molar-refractivity contribution in [1.82, 2.24) is 15.1 Å². The Hall–Kier alpha value is -0.610. The van der Waals surface area contributed by atoms with Crippen LogP contribution in [0.1, 0.15) is 51.4 Å². The number of nitrogens with zero attached hydrogens (tertiary/aromatic N) is 2. The van der Waals surface area contributed by atoms with Crippen LogP contribution in [-0.2, 0) is 4.79 Å². The van der Waals surface area contributed by atoms with Crippen molar-refractivity contribution >= 4 is 5.91 Å². The number of hydrogen-bond acceptors (Lipinski definition) is 3. The molecule has 4 heteroatoms. The fourth-order valence-corrected chi connectivity index (χ4v) is 3.99. The molecule has 3 aliphatic rings. The minimum absolute atomic E-state index is 0.0838. The number of piperazine rings is 1. The Morgan fingerprint density at radius 2 is 1.76 bits per heavy atom. The average molecular weight is 293 g/mol. The predicted molar refractivity (Wildman–Crippen MR) is 85.2 cm³/mol. The molecule has 1 amide bonds. The second-order valence-electron chi connectivity index (χ2n) is 7.39. The van der Waals surface area contributed by atoms with E-state index in [0.717, 1.165) is 44.9 Å². The Morgan fingerprint density at radius 1 is 1.10 bits per heavy atom. The summed E-state index contributed by atoms with van der Waals surface area (Å²) >= 11 is 0. The molecule has 0 unspecified atom stereocenters. The maximum atomic E-state index is 12.6. The molecule has 0 bridgehead atoms. The Labute approximate surface area is 129 Å². The van der Waals surface area contributed by atoms with Gasteiger partial charge < -0.3 is 10.2 Å². The van der Waals surface area contributed by atoms with Gasteiger partial charge in [0.05, 0.1) is 0 Å². The van der Waals surface area contributed by atoms with Gasteiger partial charge in [-0.3, -0.25) is 9.69 Å². The van der Waals surface area contributed by atoms with E-state index in [1.54, 1.807) is 0 Å². The molecule has 0 atom stereocenters. The molecule has 0 radical (unpaired) electrons. The van der Waals surface area contributed by atoms with Crippen LogP contribution in [0.4, 0.5) is 0 Å². The minimum Gasteiger partial charge on any atom is -0.340 e. The molecule has 2 saturated carbocycles.